The van der Waals surface area contributed by atoms with Gasteiger partial charge in [-0.2, -0.15) is 10.1 Å². The van der Waals surface area contributed by atoms with Crippen LogP contribution in [0.1, 0.15) is 20.8 Å². The molecule has 0 saturated heterocycles. The van der Waals surface area contributed by atoms with E-state index in [1.165, 1.54) is 16.3 Å². The SMILES string of the molecule is CCN1/C(=C\C=c2/sc(=C3C(=O)N(c4ccccc4)N=C3C)n(CC)c2=O)Sc2ccc(OC)cc21. The number of ether oxygens (including phenoxy) is 1. The van der Waals surface area contributed by atoms with Crippen LogP contribution in [0.3, 0.4) is 0 Å². The van der Waals surface area contributed by atoms with Crippen molar-refractivity contribution in [1.29, 1.82) is 0 Å². The van der Waals surface area contributed by atoms with Crippen LogP contribution in [0.2, 0.25) is 0 Å². The highest BCUT2D eigenvalue weighted by molar-refractivity contribution is 8.03. The van der Waals surface area contributed by atoms with Gasteiger partial charge in [0.2, 0.25) is 0 Å². The summed E-state index contributed by atoms with van der Waals surface area (Å²) < 4.78 is 8.27. The van der Waals surface area contributed by atoms with Crippen LogP contribution >= 0.6 is 23.1 Å². The Morgan fingerprint density at radius 3 is 2.50 bits per heavy atom. The summed E-state index contributed by atoms with van der Waals surface area (Å²) in [5.41, 5.74) is 2.76. The van der Waals surface area contributed by atoms with Crippen molar-refractivity contribution in [2.45, 2.75) is 32.2 Å². The normalized spacial score (nSPS) is 18.3. The molecule has 184 valence electrons. The molecule has 3 heterocycles. The van der Waals surface area contributed by atoms with Gasteiger partial charge in [-0.05, 0) is 57.2 Å². The lowest BCUT2D eigenvalue weighted by atomic mass is 10.2. The van der Waals surface area contributed by atoms with Crippen molar-refractivity contribution in [1.82, 2.24) is 4.57 Å². The second kappa shape index (κ2) is 9.83. The molecule has 7 nitrogen and oxygen atoms in total. The van der Waals surface area contributed by atoms with E-state index in [9.17, 15) is 9.59 Å². The number of benzene rings is 2. The van der Waals surface area contributed by atoms with E-state index >= 15 is 0 Å². The van der Waals surface area contributed by atoms with E-state index in [2.05, 4.69) is 23.0 Å². The quantitative estimate of drug-likeness (QED) is 0.515. The Hall–Kier alpha value is -3.56. The summed E-state index contributed by atoms with van der Waals surface area (Å²) in [4.78, 5) is 30.0. The highest BCUT2D eigenvalue weighted by Crippen LogP contribution is 2.47. The minimum atomic E-state index is -0.222. The van der Waals surface area contributed by atoms with Crippen LogP contribution in [-0.4, -0.2) is 29.8 Å². The molecule has 0 aliphatic carbocycles. The highest BCUT2D eigenvalue weighted by Gasteiger charge is 2.31. The number of carbonyl (C=O) groups is 1. The number of hydrazone groups is 1. The van der Waals surface area contributed by atoms with Gasteiger partial charge in [-0.3, -0.25) is 14.2 Å². The summed E-state index contributed by atoms with van der Waals surface area (Å²) in [5, 5.41) is 6.93. The Labute approximate surface area is 217 Å². The van der Waals surface area contributed by atoms with Gasteiger partial charge in [0.1, 0.15) is 10.4 Å². The van der Waals surface area contributed by atoms with Gasteiger partial charge in [0.15, 0.2) is 0 Å². The lowest BCUT2D eigenvalue weighted by molar-refractivity contribution is -0.112. The first-order valence-corrected chi connectivity index (χ1v) is 13.3. The first kappa shape index (κ1) is 24.1. The Kier molecular flexibility index (Phi) is 6.59. The maximum absolute atomic E-state index is 13.4. The zero-order chi connectivity index (χ0) is 25.4. The molecule has 3 aromatic rings. The summed E-state index contributed by atoms with van der Waals surface area (Å²) in [6.45, 7) is 7.08. The van der Waals surface area contributed by atoms with E-state index in [1.807, 2.05) is 68.5 Å². The van der Waals surface area contributed by atoms with Gasteiger partial charge >= 0.3 is 0 Å². The largest absolute Gasteiger partial charge is 0.497 e. The van der Waals surface area contributed by atoms with E-state index in [1.54, 1.807) is 23.4 Å². The molecule has 1 amide bonds. The van der Waals surface area contributed by atoms with Gasteiger partial charge in [-0.15, -0.1) is 11.3 Å². The maximum Gasteiger partial charge on any atom is 0.283 e. The number of thioether (sulfide) groups is 1. The number of amides is 1. The zero-order valence-corrected chi connectivity index (χ0v) is 22.2. The van der Waals surface area contributed by atoms with Gasteiger partial charge < -0.3 is 9.64 Å². The molecule has 0 radical (unpaired) electrons. The molecule has 0 bridgehead atoms. The molecular weight excluding hydrogens is 492 g/mol. The first-order chi connectivity index (χ1) is 17.5. The number of rotatable bonds is 5. The van der Waals surface area contributed by atoms with Crippen LogP contribution < -0.4 is 29.4 Å². The van der Waals surface area contributed by atoms with Crippen molar-refractivity contribution in [2.24, 2.45) is 5.10 Å². The van der Waals surface area contributed by atoms with E-state index < -0.39 is 0 Å². The van der Waals surface area contributed by atoms with Crippen molar-refractivity contribution in [3.05, 3.63) is 79.2 Å². The van der Waals surface area contributed by atoms with Crippen LogP contribution in [-0.2, 0) is 11.3 Å². The number of hydrogen-bond donors (Lipinski definition) is 0. The lowest BCUT2D eigenvalue weighted by Gasteiger charge is -2.18. The Morgan fingerprint density at radius 2 is 1.81 bits per heavy atom. The predicted octanol–water partition coefficient (Wildman–Crippen LogP) is 3.77. The number of aromatic nitrogens is 1. The number of fused-ring (bicyclic) bond motifs is 1. The third kappa shape index (κ3) is 4.08. The average molecular weight is 519 g/mol. The fourth-order valence-corrected chi connectivity index (χ4v) is 6.62. The summed E-state index contributed by atoms with van der Waals surface area (Å²) in [5.74, 6) is 0.589. The number of hydrogen-bond acceptors (Lipinski definition) is 7. The van der Waals surface area contributed by atoms with E-state index in [0.717, 1.165) is 27.9 Å². The van der Waals surface area contributed by atoms with Gasteiger partial charge in [0.25, 0.3) is 11.5 Å². The third-order valence-electron chi connectivity index (χ3n) is 6.09. The minimum absolute atomic E-state index is 0.106. The van der Waals surface area contributed by atoms with Crippen molar-refractivity contribution >= 4 is 57.7 Å². The van der Waals surface area contributed by atoms with Gasteiger partial charge in [-0.25, -0.2) is 0 Å². The third-order valence-corrected chi connectivity index (χ3v) is 8.37. The van der Waals surface area contributed by atoms with Crippen molar-refractivity contribution in [2.75, 3.05) is 23.6 Å². The molecular formula is C27H26N4O3S2. The number of nitrogens with zero attached hydrogens (tertiary/aromatic N) is 4. The number of anilines is 2. The maximum atomic E-state index is 13.4. The lowest BCUT2D eigenvalue weighted by Crippen LogP contribution is -2.33. The molecule has 5 rings (SSSR count). The molecule has 0 saturated carbocycles. The first-order valence-electron chi connectivity index (χ1n) is 11.7. The summed E-state index contributed by atoms with van der Waals surface area (Å²) >= 11 is 3.00. The number of thiazole rings is 1. The van der Waals surface area contributed by atoms with E-state index in [4.69, 9.17) is 4.74 Å². The Balaban J connectivity index is 1.58. The molecule has 0 spiro atoms. The molecule has 2 aliphatic rings. The zero-order valence-electron chi connectivity index (χ0n) is 20.5. The highest BCUT2D eigenvalue weighted by atomic mass is 32.2. The van der Waals surface area contributed by atoms with E-state index in [-0.39, 0.29) is 11.5 Å². The molecule has 2 aromatic carbocycles. The minimum Gasteiger partial charge on any atom is -0.497 e. The van der Waals surface area contributed by atoms with Gasteiger partial charge in [-0.1, -0.05) is 30.0 Å². The Morgan fingerprint density at radius 1 is 1.03 bits per heavy atom. The summed E-state index contributed by atoms with van der Waals surface area (Å²) in [6, 6.07) is 15.4. The monoisotopic (exact) mass is 518 g/mol. The predicted molar refractivity (Wildman–Crippen MR) is 148 cm³/mol. The number of para-hydroxylation sites is 1. The molecule has 1 aromatic heterocycles. The second-order valence-electron chi connectivity index (χ2n) is 8.19. The number of carbonyl (C=O) groups excluding carboxylic acids is 1. The molecule has 0 atom stereocenters. The smallest absolute Gasteiger partial charge is 0.283 e. The van der Waals surface area contributed by atoms with Crippen LogP contribution in [0.4, 0.5) is 11.4 Å². The number of methoxy groups -OCH3 is 1. The molecule has 2 aliphatic heterocycles. The average Bonchev–Trinajstić information content (AvgIpc) is 3.51. The standard InChI is InChI=1S/C27H26N4O3S2/c1-5-29-20-16-19(34-4)12-13-21(20)35-23(29)15-14-22-25(32)30(6-2)27(36-22)24-17(3)28-31(26(24)33)18-10-8-7-9-11-18/h7-16H,5-6H2,1-4H3/b22-14-,23-15+,27-24?. The van der Waals surface area contributed by atoms with Gasteiger partial charge in [0.05, 0.1) is 39.3 Å². The molecule has 0 unspecified atom stereocenters. The van der Waals surface area contributed by atoms with Crippen LogP contribution in [0, 0.1) is 0 Å². The van der Waals surface area contributed by atoms with Crippen LogP contribution in [0.5, 0.6) is 5.75 Å². The van der Waals surface area contributed by atoms with Crippen LogP contribution in [0.25, 0.3) is 11.6 Å². The topological polar surface area (TPSA) is 67.1 Å². The van der Waals surface area contributed by atoms with Crippen molar-refractivity contribution < 1.29 is 9.53 Å². The second-order valence-corrected chi connectivity index (χ2v) is 10.3. The van der Waals surface area contributed by atoms with E-state index in [0.29, 0.717) is 32.7 Å². The molecule has 0 fully saturated rings. The Bertz CT molecular complexity index is 1590. The molecule has 0 N–H and O–H groups in total. The fraction of sp³-hybridized carbons (Fsp3) is 0.222. The van der Waals surface area contributed by atoms with Crippen molar-refractivity contribution in [3.63, 3.8) is 0 Å². The summed E-state index contributed by atoms with van der Waals surface area (Å²) in [7, 11) is 1.66. The number of allylic oxidation sites excluding steroid dienone is 1. The fourth-order valence-electron chi connectivity index (χ4n) is 4.31. The van der Waals surface area contributed by atoms with Crippen LogP contribution in [0.15, 0.2) is 74.4 Å². The molecule has 9 heteroatoms. The van der Waals surface area contributed by atoms with Crippen molar-refractivity contribution in [3.8, 4) is 5.75 Å². The van der Waals surface area contributed by atoms with Gasteiger partial charge in [0, 0.05) is 24.1 Å². The summed E-state index contributed by atoms with van der Waals surface area (Å²) in [6.07, 6.45) is 3.84. The molecule has 36 heavy (non-hydrogen) atoms.